The molecular formula is C12H18Cl2N2O2S. The summed E-state index contributed by atoms with van der Waals surface area (Å²) in [6.07, 6.45) is 0. The van der Waals surface area contributed by atoms with Gasteiger partial charge in [-0.25, -0.2) is 8.42 Å². The summed E-state index contributed by atoms with van der Waals surface area (Å²) in [6, 6.07) is 4.73. The Kier molecular flexibility index (Phi) is 5.26. The number of benzene rings is 1. The average molecular weight is 325 g/mol. The lowest BCUT2D eigenvalue weighted by atomic mass is 10.1. The molecule has 1 aromatic carbocycles. The number of nitrogens with two attached hydrogens (primary N) is 1. The Morgan fingerprint density at radius 3 is 2.47 bits per heavy atom. The molecule has 0 radical (unpaired) electrons. The molecule has 0 bridgehead atoms. The fraction of sp³-hybridized carbons (Fsp3) is 0.500. The average Bonchev–Trinajstić information content (AvgIpc) is 2.59. The van der Waals surface area contributed by atoms with Crippen LogP contribution in [-0.2, 0) is 10.0 Å². The van der Waals surface area contributed by atoms with Gasteiger partial charge in [0.25, 0.3) is 0 Å². The number of rotatable bonds is 2. The molecule has 2 unspecified atom stereocenters. The van der Waals surface area contributed by atoms with E-state index in [2.05, 4.69) is 0 Å². The third-order valence-corrected chi connectivity index (χ3v) is 5.62. The van der Waals surface area contributed by atoms with Crippen LogP contribution in [0.3, 0.4) is 0 Å². The second kappa shape index (κ2) is 5.97. The Labute approximate surface area is 125 Å². The Bertz CT molecular complexity index is 553. The maximum atomic E-state index is 12.5. The molecule has 1 saturated heterocycles. The third kappa shape index (κ3) is 3.23. The van der Waals surface area contributed by atoms with Crippen molar-refractivity contribution in [3.63, 3.8) is 0 Å². The van der Waals surface area contributed by atoms with Crippen LogP contribution in [0.25, 0.3) is 0 Å². The summed E-state index contributed by atoms with van der Waals surface area (Å²) in [5, 5.41) is 0.540. The molecule has 1 aliphatic heterocycles. The molecular weight excluding hydrogens is 307 g/mol. The van der Waals surface area contributed by atoms with Gasteiger partial charge in [0.1, 0.15) is 0 Å². The lowest BCUT2D eigenvalue weighted by Gasteiger charge is -2.17. The van der Waals surface area contributed by atoms with Gasteiger partial charge in [-0.15, -0.1) is 12.4 Å². The lowest BCUT2D eigenvalue weighted by molar-refractivity contribution is 0.464. The van der Waals surface area contributed by atoms with Crippen LogP contribution >= 0.6 is 24.0 Å². The van der Waals surface area contributed by atoms with Gasteiger partial charge in [0.2, 0.25) is 10.0 Å². The topological polar surface area (TPSA) is 63.4 Å². The van der Waals surface area contributed by atoms with E-state index in [1.807, 2.05) is 6.92 Å². The number of sulfonamides is 1. The van der Waals surface area contributed by atoms with Gasteiger partial charge >= 0.3 is 0 Å². The summed E-state index contributed by atoms with van der Waals surface area (Å²) in [7, 11) is -3.46. The van der Waals surface area contributed by atoms with Crippen molar-refractivity contribution >= 4 is 34.0 Å². The SMILES string of the molecule is Cc1cc(Cl)ccc1S(=O)(=O)N1CC(C)C(N)C1.Cl. The van der Waals surface area contributed by atoms with Crippen molar-refractivity contribution in [2.24, 2.45) is 11.7 Å². The molecule has 2 atom stereocenters. The Hall–Kier alpha value is -0.330. The van der Waals surface area contributed by atoms with Crippen LogP contribution in [0, 0.1) is 12.8 Å². The Morgan fingerprint density at radius 2 is 2.00 bits per heavy atom. The zero-order valence-corrected chi connectivity index (χ0v) is 13.2. The molecule has 1 aromatic rings. The fourth-order valence-corrected chi connectivity index (χ4v) is 4.19. The third-order valence-electron chi connectivity index (χ3n) is 3.39. The van der Waals surface area contributed by atoms with Gasteiger partial charge in [-0.1, -0.05) is 18.5 Å². The predicted octanol–water partition coefficient (Wildman–Crippen LogP) is 2.04. The highest BCUT2D eigenvalue weighted by Gasteiger charge is 2.35. The zero-order chi connectivity index (χ0) is 13.5. The van der Waals surface area contributed by atoms with Crippen LogP contribution in [0.15, 0.2) is 23.1 Å². The molecule has 0 spiro atoms. The van der Waals surface area contributed by atoms with Crippen molar-refractivity contribution in [1.82, 2.24) is 4.31 Å². The smallest absolute Gasteiger partial charge is 0.243 e. The minimum absolute atomic E-state index is 0. The van der Waals surface area contributed by atoms with E-state index in [-0.39, 0.29) is 24.4 Å². The first kappa shape index (κ1) is 16.7. The molecule has 2 N–H and O–H groups in total. The van der Waals surface area contributed by atoms with Gasteiger partial charge in [0.15, 0.2) is 0 Å². The van der Waals surface area contributed by atoms with Crippen molar-refractivity contribution < 1.29 is 8.42 Å². The molecule has 7 heteroatoms. The second-order valence-electron chi connectivity index (χ2n) is 4.87. The normalized spacial score (nSPS) is 24.2. The lowest BCUT2D eigenvalue weighted by Crippen LogP contribution is -2.32. The zero-order valence-electron chi connectivity index (χ0n) is 10.8. The first-order valence-electron chi connectivity index (χ1n) is 5.84. The highest BCUT2D eigenvalue weighted by molar-refractivity contribution is 7.89. The molecule has 1 aliphatic rings. The second-order valence-corrected chi connectivity index (χ2v) is 7.22. The van der Waals surface area contributed by atoms with Crippen LogP contribution < -0.4 is 5.73 Å². The van der Waals surface area contributed by atoms with E-state index in [1.54, 1.807) is 25.1 Å². The van der Waals surface area contributed by atoms with Crippen LogP contribution in [0.2, 0.25) is 5.02 Å². The molecule has 1 heterocycles. The van der Waals surface area contributed by atoms with Gasteiger partial charge in [-0.3, -0.25) is 0 Å². The maximum Gasteiger partial charge on any atom is 0.243 e. The highest BCUT2D eigenvalue weighted by atomic mass is 35.5. The largest absolute Gasteiger partial charge is 0.326 e. The number of halogens is 2. The van der Waals surface area contributed by atoms with E-state index in [9.17, 15) is 8.42 Å². The quantitative estimate of drug-likeness (QED) is 0.905. The fourth-order valence-electron chi connectivity index (χ4n) is 2.18. The standard InChI is InChI=1S/C12H17ClN2O2S.ClH/c1-8-5-10(13)3-4-12(8)18(16,17)15-6-9(2)11(14)7-15;/h3-5,9,11H,6-7,14H2,1-2H3;1H. The number of nitrogens with zero attached hydrogens (tertiary/aromatic N) is 1. The first-order valence-corrected chi connectivity index (χ1v) is 7.66. The summed E-state index contributed by atoms with van der Waals surface area (Å²) >= 11 is 5.84. The first-order chi connectivity index (χ1) is 8.32. The van der Waals surface area contributed by atoms with E-state index in [4.69, 9.17) is 17.3 Å². The number of aryl methyl sites for hydroxylation is 1. The van der Waals surface area contributed by atoms with Gasteiger partial charge in [-0.05, 0) is 36.6 Å². The maximum absolute atomic E-state index is 12.5. The highest BCUT2D eigenvalue weighted by Crippen LogP contribution is 2.27. The molecule has 0 saturated carbocycles. The van der Waals surface area contributed by atoms with Crippen molar-refractivity contribution in [3.8, 4) is 0 Å². The molecule has 108 valence electrons. The van der Waals surface area contributed by atoms with Gasteiger partial charge in [-0.2, -0.15) is 4.31 Å². The summed E-state index contributed by atoms with van der Waals surface area (Å²) in [5.74, 6) is 0.187. The van der Waals surface area contributed by atoms with Crippen molar-refractivity contribution in [1.29, 1.82) is 0 Å². The molecule has 0 aliphatic carbocycles. The van der Waals surface area contributed by atoms with Crippen molar-refractivity contribution in [2.75, 3.05) is 13.1 Å². The number of hydrogen-bond donors (Lipinski definition) is 1. The van der Waals surface area contributed by atoms with Gasteiger partial charge in [0.05, 0.1) is 4.90 Å². The van der Waals surface area contributed by atoms with Crippen LogP contribution in [0.5, 0.6) is 0 Å². The van der Waals surface area contributed by atoms with Crippen LogP contribution in [0.4, 0.5) is 0 Å². The molecule has 4 nitrogen and oxygen atoms in total. The van der Waals surface area contributed by atoms with Gasteiger partial charge in [0, 0.05) is 24.2 Å². The molecule has 19 heavy (non-hydrogen) atoms. The summed E-state index contributed by atoms with van der Waals surface area (Å²) in [6.45, 7) is 4.57. The molecule has 1 fully saturated rings. The number of hydrogen-bond acceptors (Lipinski definition) is 3. The van der Waals surface area contributed by atoms with Crippen molar-refractivity contribution in [3.05, 3.63) is 28.8 Å². The summed E-state index contributed by atoms with van der Waals surface area (Å²) in [4.78, 5) is 0.313. The van der Waals surface area contributed by atoms with E-state index in [1.165, 1.54) is 4.31 Å². The monoisotopic (exact) mass is 324 g/mol. The van der Waals surface area contributed by atoms with Crippen molar-refractivity contribution in [2.45, 2.75) is 24.8 Å². The molecule has 2 rings (SSSR count). The van der Waals surface area contributed by atoms with Crippen LogP contribution in [-0.4, -0.2) is 31.9 Å². The predicted molar refractivity (Wildman–Crippen MR) is 79.3 cm³/mol. The minimum atomic E-state index is -3.46. The van der Waals surface area contributed by atoms with E-state index in [0.29, 0.717) is 28.6 Å². The van der Waals surface area contributed by atoms with E-state index in [0.717, 1.165) is 0 Å². The summed E-state index contributed by atoms with van der Waals surface area (Å²) < 4.78 is 26.4. The molecule has 0 amide bonds. The minimum Gasteiger partial charge on any atom is -0.326 e. The Balaban J connectivity index is 0.00000180. The van der Waals surface area contributed by atoms with E-state index >= 15 is 0 Å². The molecule has 0 aromatic heterocycles. The summed E-state index contributed by atoms with van der Waals surface area (Å²) in [5.41, 5.74) is 6.54. The van der Waals surface area contributed by atoms with Gasteiger partial charge < -0.3 is 5.73 Å². The van der Waals surface area contributed by atoms with Crippen LogP contribution in [0.1, 0.15) is 12.5 Å². The Morgan fingerprint density at radius 1 is 1.37 bits per heavy atom. The van der Waals surface area contributed by atoms with E-state index < -0.39 is 10.0 Å².